The molecule has 0 aliphatic rings. The number of amides is 2. The van der Waals surface area contributed by atoms with Gasteiger partial charge in [0, 0.05) is 19.3 Å². The molecule has 2 aromatic carbocycles. The van der Waals surface area contributed by atoms with Gasteiger partial charge < -0.3 is 15.4 Å². The van der Waals surface area contributed by atoms with E-state index in [4.69, 9.17) is 4.74 Å². The third kappa shape index (κ3) is 4.61. The van der Waals surface area contributed by atoms with E-state index in [9.17, 15) is 4.79 Å². The summed E-state index contributed by atoms with van der Waals surface area (Å²) in [5.41, 5.74) is 2.92. The van der Waals surface area contributed by atoms with Gasteiger partial charge in [0.15, 0.2) is 0 Å². The van der Waals surface area contributed by atoms with Crippen LogP contribution in [0, 0.1) is 6.92 Å². The van der Waals surface area contributed by atoms with Crippen LogP contribution in [0.4, 0.5) is 10.5 Å². The number of carbonyl (C=O) groups excluding carboxylic acids is 1. The minimum Gasteiger partial charge on any atom is -0.375 e. The summed E-state index contributed by atoms with van der Waals surface area (Å²) in [4.78, 5) is 11.9. The van der Waals surface area contributed by atoms with Gasteiger partial charge in [0.25, 0.3) is 0 Å². The zero-order valence-electron chi connectivity index (χ0n) is 12.3. The Morgan fingerprint density at radius 2 is 1.90 bits per heavy atom. The van der Waals surface area contributed by atoms with Crippen molar-refractivity contribution < 1.29 is 9.53 Å². The van der Waals surface area contributed by atoms with Crippen LogP contribution in [0.5, 0.6) is 0 Å². The standard InChI is InChI=1S/C17H20N2O2/c1-13-7-6-10-15(11-13)19-17(20)18-12-16(21-2)14-8-4-3-5-9-14/h3-11,16H,12H2,1-2H3,(H2,18,19,20). The predicted octanol–water partition coefficient (Wildman–Crippen LogP) is 3.50. The van der Waals surface area contributed by atoms with Gasteiger partial charge in [0.2, 0.25) is 0 Å². The van der Waals surface area contributed by atoms with Crippen LogP contribution in [-0.2, 0) is 4.74 Å². The number of urea groups is 1. The van der Waals surface area contributed by atoms with Crippen molar-refractivity contribution >= 4 is 11.7 Å². The number of hydrogen-bond acceptors (Lipinski definition) is 2. The SMILES string of the molecule is COC(CNC(=O)Nc1cccc(C)c1)c1ccccc1. The Morgan fingerprint density at radius 1 is 1.14 bits per heavy atom. The maximum Gasteiger partial charge on any atom is 0.319 e. The highest BCUT2D eigenvalue weighted by Crippen LogP contribution is 2.15. The van der Waals surface area contributed by atoms with Gasteiger partial charge in [-0.25, -0.2) is 4.79 Å². The maximum absolute atomic E-state index is 11.9. The molecule has 0 saturated carbocycles. The molecule has 0 heterocycles. The molecule has 0 aliphatic carbocycles. The van der Waals surface area contributed by atoms with E-state index >= 15 is 0 Å². The number of anilines is 1. The van der Waals surface area contributed by atoms with E-state index < -0.39 is 0 Å². The molecule has 0 aliphatic heterocycles. The number of aryl methyl sites for hydroxylation is 1. The Balaban J connectivity index is 1.88. The molecule has 110 valence electrons. The Kier molecular flexibility index (Phi) is 5.35. The second-order valence-corrected chi connectivity index (χ2v) is 4.84. The third-order valence-corrected chi connectivity index (χ3v) is 3.18. The lowest BCUT2D eigenvalue weighted by Gasteiger charge is -2.17. The molecular weight excluding hydrogens is 264 g/mol. The monoisotopic (exact) mass is 284 g/mol. The molecule has 21 heavy (non-hydrogen) atoms. The van der Waals surface area contributed by atoms with E-state index in [1.54, 1.807) is 7.11 Å². The predicted molar refractivity (Wildman–Crippen MR) is 84.4 cm³/mol. The summed E-state index contributed by atoms with van der Waals surface area (Å²) < 4.78 is 5.41. The summed E-state index contributed by atoms with van der Waals surface area (Å²) in [5.74, 6) is 0. The lowest BCUT2D eigenvalue weighted by atomic mass is 10.1. The van der Waals surface area contributed by atoms with Crippen molar-refractivity contribution in [1.29, 1.82) is 0 Å². The highest BCUT2D eigenvalue weighted by Gasteiger charge is 2.11. The summed E-state index contributed by atoms with van der Waals surface area (Å²) in [6.07, 6.45) is -0.158. The Bertz CT molecular complexity index is 584. The van der Waals surface area contributed by atoms with Crippen LogP contribution in [0.1, 0.15) is 17.2 Å². The quantitative estimate of drug-likeness (QED) is 0.882. The molecule has 0 radical (unpaired) electrons. The molecule has 2 amide bonds. The van der Waals surface area contributed by atoms with E-state index in [2.05, 4.69) is 10.6 Å². The van der Waals surface area contributed by atoms with Gasteiger partial charge in [-0.3, -0.25) is 0 Å². The Morgan fingerprint density at radius 3 is 2.57 bits per heavy atom. The number of ether oxygens (including phenoxy) is 1. The number of benzene rings is 2. The zero-order chi connectivity index (χ0) is 15.1. The molecule has 0 saturated heterocycles. The molecule has 2 rings (SSSR count). The fraction of sp³-hybridized carbons (Fsp3) is 0.235. The summed E-state index contributed by atoms with van der Waals surface area (Å²) in [5, 5.41) is 5.63. The number of hydrogen-bond donors (Lipinski definition) is 2. The van der Waals surface area contributed by atoms with Gasteiger partial charge in [0.1, 0.15) is 0 Å². The van der Waals surface area contributed by atoms with Crippen LogP contribution in [0.15, 0.2) is 54.6 Å². The van der Waals surface area contributed by atoms with Crippen molar-refractivity contribution in [3.8, 4) is 0 Å². The van der Waals surface area contributed by atoms with E-state index in [-0.39, 0.29) is 12.1 Å². The molecule has 2 N–H and O–H groups in total. The van der Waals surface area contributed by atoms with Crippen LogP contribution in [-0.4, -0.2) is 19.7 Å². The maximum atomic E-state index is 11.9. The first-order valence-corrected chi connectivity index (χ1v) is 6.88. The Hall–Kier alpha value is -2.33. The van der Waals surface area contributed by atoms with Crippen LogP contribution in [0.3, 0.4) is 0 Å². The summed E-state index contributed by atoms with van der Waals surface area (Å²) in [6, 6.07) is 17.3. The van der Waals surface area contributed by atoms with Crippen molar-refractivity contribution in [2.24, 2.45) is 0 Å². The van der Waals surface area contributed by atoms with Crippen LogP contribution >= 0.6 is 0 Å². The molecule has 1 unspecified atom stereocenters. The topological polar surface area (TPSA) is 50.4 Å². The average molecular weight is 284 g/mol. The van der Waals surface area contributed by atoms with Gasteiger partial charge in [-0.1, -0.05) is 42.5 Å². The van der Waals surface area contributed by atoms with E-state index in [1.807, 2.05) is 61.5 Å². The lowest BCUT2D eigenvalue weighted by Crippen LogP contribution is -2.32. The van der Waals surface area contributed by atoms with Gasteiger partial charge in [-0.15, -0.1) is 0 Å². The molecule has 4 nitrogen and oxygen atoms in total. The van der Waals surface area contributed by atoms with Gasteiger partial charge in [-0.2, -0.15) is 0 Å². The number of nitrogens with one attached hydrogen (secondary N) is 2. The molecule has 0 bridgehead atoms. The zero-order valence-corrected chi connectivity index (χ0v) is 12.3. The van der Waals surface area contributed by atoms with Crippen molar-refractivity contribution in [2.75, 3.05) is 19.0 Å². The van der Waals surface area contributed by atoms with Crippen LogP contribution in [0.25, 0.3) is 0 Å². The normalized spacial score (nSPS) is 11.7. The molecule has 2 aromatic rings. The van der Waals surface area contributed by atoms with Gasteiger partial charge >= 0.3 is 6.03 Å². The summed E-state index contributed by atoms with van der Waals surface area (Å²) in [6.45, 7) is 2.40. The smallest absolute Gasteiger partial charge is 0.319 e. The van der Waals surface area contributed by atoms with Crippen LogP contribution in [0.2, 0.25) is 0 Å². The highest BCUT2D eigenvalue weighted by molar-refractivity contribution is 5.89. The first-order valence-electron chi connectivity index (χ1n) is 6.88. The number of rotatable bonds is 5. The van der Waals surface area contributed by atoms with Crippen molar-refractivity contribution in [3.63, 3.8) is 0 Å². The van der Waals surface area contributed by atoms with E-state index in [1.165, 1.54) is 0 Å². The molecule has 4 heteroatoms. The van der Waals surface area contributed by atoms with E-state index in [0.29, 0.717) is 6.54 Å². The fourth-order valence-corrected chi connectivity index (χ4v) is 2.09. The summed E-state index contributed by atoms with van der Waals surface area (Å²) >= 11 is 0. The van der Waals surface area contributed by atoms with Crippen molar-refractivity contribution in [3.05, 3.63) is 65.7 Å². The third-order valence-electron chi connectivity index (χ3n) is 3.18. The minimum absolute atomic E-state index is 0.158. The largest absolute Gasteiger partial charge is 0.375 e. The lowest BCUT2D eigenvalue weighted by molar-refractivity contribution is 0.104. The number of carbonyl (C=O) groups is 1. The van der Waals surface area contributed by atoms with Gasteiger partial charge in [0.05, 0.1) is 6.10 Å². The molecule has 0 aromatic heterocycles. The first-order chi connectivity index (χ1) is 10.2. The summed E-state index contributed by atoms with van der Waals surface area (Å²) in [7, 11) is 1.64. The number of methoxy groups -OCH3 is 1. The molecule has 0 spiro atoms. The fourth-order valence-electron chi connectivity index (χ4n) is 2.09. The second kappa shape index (κ2) is 7.45. The highest BCUT2D eigenvalue weighted by atomic mass is 16.5. The van der Waals surface area contributed by atoms with Gasteiger partial charge in [-0.05, 0) is 30.2 Å². The Labute approximate surface area is 125 Å². The minimum atomic E-state index is -0.237. The van der Waals surface area contributed by atoms with Crippen molar-refractivity contribution in [1.82, 2.24) is 5.32 Å². The molecular formula is C17H20N2O2. The van der Waals surface area contributed by atoms with Crippen molar-refractivity contribution in [2.45, 2.75) is 13.0 Å². The van der Waals surface area contributed by atoms with Crippen LogP contribution < -0.4 is 10.6 Å². The van der Waals surface area contributed by atoms with E-state index in [0.717, 1.165) is 16.8 Å². The average Bonchev–Trinajstić information content (AvgIpc) is 2.49. The second-order valence-electron chi connectivity index (χ2n) is 4.84. The first kappa shape index (κ1) is 15.1. The molecule has 1 atom stereocenters. The molecule has 0 fully saturated rings.